The molecule has 17 heavy (non-hydrogen) atoms. The van der Waals surface area contributed by atoms with Crippen LogP contribution in [0.25, 0.3) is 11.4 Å². The lowest BCUT2D eigenvalue weighted by Crippen LogP contribution is -1.95. The molecule has 0 radical (unpaired) electrons. The highest BCUT2D eigenvalue weighted by molar-refractivity contribution is 6.31. The van der Waals surface area contributed by atoms with E-state index in [-0.39, 0.29) is 0 Å². The van der Waals surface area contributed by atoms with Crippen LogP contribution in [0.4, 0.5) is 5.69 Å². The molecular formula is C12H13ClN4. The molecule has 1 saturated carbocycles. The van der Waals surface area contributed by atoms with E-state index in [4.69, 9.17) is 17.3 Å². The molecule has 0 aliphatic heterocycles. The summed E-state index contributed by atoms with van der Waals surface area (Å²) in [4.78, 5) is 4.56. The molecular weight excluding hydrogens is 236 g/mol. The Hall–Kier alpha value is -1.55. The molecule has 2 aromatic rings. The Balaban J connectivity index is 2.07. The first-order chi connectivity index (χ1) is 8.13. The number of halogens is 1. The van der Waals surface area contributed by atoms with Gasteiger partial charge in [0.25, 0.3) is 0 Å². The third-order valence-electron chi connectivity index (χ3n) is 2.90. The summed E-state index contributed by atoms with van der Waals surface area (Å²) in [6.07, 6.45) is 2.39. The smallest absolute Gasteiger partial charge is 0.158 e. The minimum atomic E-state index is 0.548. The Morgan fingerprint density at radius 3 is 2.76 bits per heavy atom. The fraction of sp³-hybridized carbons (Fsp3) is 0.333. The van der Waals surface area contributed by atoms with Crippen molar-refractivity contribution in [1.82, 2.24) is 14.8 Å². The van der Waals surface area contributed by atoms with E-state index in [0.29, 0.717) is 16.6 Å². The van der Waals surface area contributed by atoms with Crippen molar-refractivity contribution in [2.45, 2.75) is 18.8 Å². The van der Waals surface area contributed by atoms with Gasteiger partial charge in [0, 0.05) is 29.2 Å². The number of benzene rings is 1. The molecule has 4 nitrogen and oxygen atoms in total. The summed E-state index contributed by atoms with van der Waals surface area (Å²) in [6.45, 7) is 0. The maximum atomic E-state index is 6.00. The van der Waals surface area contributed by atoms with Gasteiger partial charge in [0.1, 0.15) is 0 Å². The summed E-state index contributed by atoms with van der Waals surface area (Å²) in [5.41, 5.74) is 7.34. The second-order valence-electron chi connectivity index (χ2n) is 4.46. The fourth-order valence-corrected chi connectivity index (χ4v) is 2.16. The van der Waals surface area contributed by atoms with Crippen molar-refractivity contribution >= 4 is 17.3 Å². The van der Waals surface area contributed by atoms with Crippen molar-refractivity contribution in [3.05, 3.63) is 29.0 Å². The van der Waals surface area contributed by atoms with E-state index in [2.05, 4.69) is 10.1 Å². The SMILES string of the molecule is Cn1nc(C2CC2)nc1-c1cc(N)cc(Cl)c1. The number of hydrogen-bond acceptors (Lipinski definition) is 3. The summed E-state index contributed by atoms with van der Waals surface area (Å²) in [5, 5.41) is 5.05. The summed E-state index contributed by atoms with van der Waals surface area (Å²) in [5.74, 6) is 2.30. The van der Waals surface area contributed by atoms with Gasteiger partial charge in [-0.05, 0) is 31.0 Å². The fourth-order valence-electron chi connectivity index (χ4n) is 1.91. The van der Waals surface area contributed by atoms with Crippen LogP contribution in [0.15, 0.2) is 18.2 Å². The van der Waals surface area contributed by atoms with Crippen molar-refractivity contribution < 1.29 is 0 Å². The lowest BCUT2D eigenvalue weighted by Gasteiger charge is -2.02. The van der Waals surface area contributed by atoms with E-state index in [1.165, 1.54) is 12.8 Å². The van der Waals surface area contributed by atoms with Crippen LogP contribution in [0, 0.1) is 0 Å². The van der Waals surface area contributed by atoms with Crippen molar-refractivity contribution in [3.8, 4) is 11.4 Å². The molecule has 1 aliphatic carbocycles. The van der Waals surface area contributed by atoms with Gasteiger partial charge >= 0.3 is 0 Å². The molecule has 5 heteroatoms. The highest BCUT2D eigenvalue weighted by atomic mass is 35.5. The number of nitrogens with two attached hydrogens (primary N) is 1. The second-order valence-corrected chi connectivity index (χ2v) is 4.90. The first-order valence-electron chi connectivity index (χ1n) is 5.61. The van der Waals surface area contributed by atoms with Gasteiger partial charge < -0.3 is 5.73 Å². The van der Waals surface area contributed by atoms with Crippen molar-refractivity contribution in [1.29, 1.82) is 0 Å². The normalized spacial score (nSPS) is 15.2. The predicted octanol–water partition coefficient (Wildman–Crippen LogP) is 2.60. The first-order valence-corrected chi connectivity index (χ1v) is 5.98. The Morgan fingerprint density at radius 2 is 2.12 bits per heavy atom. The molecule has 1 aromatic carbocycles. The Bertz CT molecular complexity index is 552. The summed E-state index contributed by atoms with van der Waals surface area (Å²) >= 11 is 6.00. The van der Waals surface area contributed by atoms with E-state index >= 15 is 0 Å². The molecule has 1 fully saturated rings. The average molecular weight is 249 g/mol. The molecule has 0 atom stereocenters. The number of rotatable bonds is 2. The van der Waals surface area contributed by atoms with Crippen LogP contribution in [0.5, 0.6) is 0 Å². The average Bonchev–Trinajstić information content (AvgIpc) is 3.01. The Labute approximate surface area is 104 Å². The molecule has 0 saturated heterocycles. The van der Waals surface area contributed by atoms with Gasteiger partial charge in [0.15, 0.2) is 11.6 Å². The van der Waals surface area contributed by atoms with Gasteiger partial charge in [0.05, 0.1) is 0 Å². The van der Waals surface area contributed by atoms with Crippen LogP contribution in [0.1, 0.15) is 24.6 Å². The van der Waals surface area contributed by atoms with Crippen LogP contribution in [-0.4, -0.2) is 14.8 Å². The third kappa shape index (κ3) is 2.00. The summed E-state index contributed by atoms with van der Waals surface area (Å²) in [6, 6.07) is 5.45. The summed E-state index contributed by atoms with van der Waals surface area (Å²) in [7, 11) is 1.89. The minimum Gasteiger partial charge on any atom is -0.399 e. The summed E-state index contributed by atoms with van der Waals surface area (Å²) < 4.78 is 1.79. The molecule has 1 aliphatic rings. The molecule has 1 heterocycles. The van der Waals surface area contributed by atoms with Crippen LogP contribution in [0.2, 0.25) is 5.02 Å². The quantitative estimate of drug-likeness (QED) is 0.831. The van der Waals surface area contributed by atoms with Crippen molar-refractivity contribution in [3.63, 3.8) is 0 Å². The highest BCUT2D eigenvalue weighted by Crippen LogP contribution is 2.39. The van der Waals surface area contributed by atoms with E-state index in [9.17, 15) is 0 Å². The molecule has 1 aromatic heterocycles. The number of anilines is 1. The van der Waals surface area contributed by atoms with E-state index < -0.39 is 0 Å². The number of aryl methyl sites for hydroxylation is 1. The van der Waals surface area contributed by atoms with Gasteiger partial charge in [-0.1, -0.05) is 11.6 Å². The molecule has 88 valence electrons. The number of hydrogen-bond donors (Lipinski definition) is 1. The maximum Gasteiger partial charge on any atom is 0.158 e. The highest BCUT2D eigenvalue weighted by Gasteiger charge is 2.28. The second kappa shape index (κ2) is 3.74. The lowest BCUT2D eigenvalue weighted by atomic mass is 10.2. The molecule has 0 spiro atoms. The number of nitrogens with zero attached hydrogens (tertiary/aromatic N) is 3. The Kier molecular flexibility index (Phi) is 2.33. The molecule has 0 bridgehead atoms. The largest absolute Gasteiger partial charge is 0.399 e. The van der Waals surface area contributed by atoms with E-state index in [1.54, 1.807) is 10.7 Å². The van der Waals surface area contributed by atoms with Crippen LogP contribution in [-0.2, 0) is 7.05 Å². The molecule has 0 amide bonds. The number of nitrogen functional groups attached to an aromatic ring is 1. The van der Waals surface area contributed by atoms with Gasteiger partial charge in [-0.15, -0.1) is 0 Å². The first kappa shape index (κ1) is 10.6. The van der Waals surface area contributed by atoms with Crippen LogP contribution >= 0.6 is 11.6 Å². The van der Waals surface area contributed by atoms with E-state index in [1.807, 2.05) is 19.2 Å². The van der Waals surface area contributed by atoms with Crippen molar-refractivity contribution in [2.24, 2.45) is 7.05 Å². The van der Waals surface area contributed by atoms with Crippen LogP contribution < -0.4 is 5.73 Å². The van der Waals surface area contributed by atoms with Gasteiger partial charge in [-0.3, -0.25) is 0 Å². The van der Waals surface area contributed by atoms with E-state index in [0.717, 1.165) is 17.2 Å². The third-order valence-corrected chi connectivity index (χ3v) is 3.12. The monoisotopic (exact) mass is 248 g/mol. The minimum absolute atomic E-state index is 0.548. The molecule has 0 unspecified atom stereocenters. The van der Waals surface area contributed by atoms with Crippen molar-refractivity contribution in [2.75, 3.05) is 5.73 Å². The Morgan fingerprint density at radius 1 is 1.35 bits per heavy atom. The van der Waals surface area contributed by atoms with Gasteiger partial charge in [-0.25, -0.2) is 9.67 Å². The number of aromatic nitrogens is 3. The zero-order valence-corrected chi connectivity index (χ0v) is 10.3. The van der Waals surface area contributed by atoms with Crippen LogP contribution in [0.3, 0.4) is 0 Å². The molecule has 2 N–H and O–H groups in total. The zero-order valence-electron chi connectivity index (χ0n) is 9.52. The molecule has 3 rings (SSSR count). The lowest BCUT2D eigenvalue weighted by molar-refractivity contribution is 0.750. The topological polar surface area (TPSA) is 56.7 Å². The van der Waals surface area contributed by atoms with Gasteiger partial charge in [0.2, 0.25) is 0 Å². The van der Waals surface area contributed by atoms with Gasteiger partial charge in [-0.2, -0.15) is 5.10 Å². The zero-order chi connectivity index (χ0) is 12.0. The standard InChI is InChI=1S/C12H13ClN4/c1-17-12(15-11(16-17)7-2-3-7)8-4-9(13)6-10(14)5-8/h4-7H,2-3,14H2,1H3. The predicted molar refractivity (Wildman–Crippen MR) is 67.8 cm³/mol. The maximum absolute atomic E-state index is 6.00.